The number of hydrogen-bond acceptors (Lipinski definition) is 3. The number of nitrogens with one attached hydrogen (secondary N) is 2. The van der Waals surface area contributed by atoms with Crippen LogP contribution in [0.5, 0.6) is 0 Å². The van der Waals surface area contributed by atoms with Gasteiger partial charge >= 0.3 is 0 Å². The van der Waals surface area contributed by atoms with E-state index in [1.807, 2.05) is 0 Å². The van der Waals surface area contributed by atoms with Gasteiger partial charge in [-0.2, -0.15) is 0 Å². The Morgan fingerprint density at radius 1 is 1.38 bits per heavy atom. The van der Waals surface area contributed by atoms with Gasteiger partial charge < -0.3 is 16.4 Å². The SMILES string of the molecule is NC(=O)CCCCNC(=O)CC1CCCN1. The van der Waals surface area contributed by atoms with E-state index in [0.717, 1.165) is 32.2 Å². The highest BCUT2D eigenvalue weighted by Crippen LogP contribution is 2.08. The van der Waals surface area contributed by atoms with Crippen molar-refractivity contribution < 1.29 is 9.59 Å². The maximum absolute atomic E-state index is 11.5. The molecular weight excluding hydrogens is 206 g/mol. The number of amides is 2. The summed E-state index contributed by atoms with van der Waals surface area (Å²) in [6, 6.07) is 0.352. The van der Waals surface area contributed by atoms with Gasteiger partial charge in [0.05, 0.1) is 0 Å². The average Bonchev–Trinajstić information content (AvgIpc) is 2.69. The van der Waals surface area contributed by atoms with Crippen molar-refractivity contribution >= 4 is 11.8 Å². The summed E-state index contributed by atoms with van der Waals surface area (Å²) in [7, 11) is 0. The Morgan fingerprint density at radius 2 is 2.19 bits per heavy atom. The predicted molar refractivity (Wildman–Crippen MR) is 61.7 cm³/mol. The van der Waals surface area contributed by atoms with Gasteiger partial charge in [0, 0.05) is 25.4 Å². The average molecular weight is 227 g/mol. The van der Waals surface area contributed by atoms with Crippen molar-refractivity contribution in [3.8, 4) is 0 Å². The van der Waals surface area contributed by atoms with Crippen molar-refractivity contribution in [2.45, 2.75) is 44.6 Å². The molecule has 0 aromatic rings. The molecule has 1 aliphatic rings. The molecule has 0 spiro atoms. The lowest BCUT2D eigenvalue weighted by molar-refractivity contribution is -0.121. The first-order valence-electron chi connectivity index (χ1n) is 5.97. The van der Waals surface area contributed by atoms with Crippen LogP contribution in [0, 0.1) is 0 Å². The fraction of sp³-hybridized carbons (Fsp3) is 0.818. The van der Waals surface area contributed by atoms with E-state index < -0.39 is 0 Å². The minimum absolute atomic E-state index is 0.0958. The van der Waals surface area contributed by atoms with Crippen LogP contribution in [0.3, 0.4) is 0 Å². The number of unbranched alkanes of at least 4 members (excludes halogenated alkanes) is 1. The lowest BCUT2D eigenvalue weighted by atomic mass is 10.1. The first kappa shape index (κ1) is 13.0. The van der Waals surface area contributed by atoms with Gasteiger partial charge in [0.2, 0.25) is 11.8 Å². The summed E-state index contributed by atoms with van der Waals surface area (Å²) >= 11 is 0. The predicted octanol–water partition coefficient (Wildman–Crippen LogP) is -0.0997. The molecule has 0 bridgehead atoms. The van der Waals surface area contributed by atoms with E-state index in [9.17, 15) is 9.59 Å². The van der Waals surface area contributed by atoms with Gasteiger partial charge in [0.1, 0.15) is 0 Å². The summed E-state index contributed by atoms with van der Waals surface area (Å²) < 4.78 is 0. The molecular formula is C11H21N3O2. The second kappa shape index (κ2) is 7.22. The maximum Gasteiger partial charge on any atom is 0.221 e. The monoisotopic (exact) mass is 227 g/mol. The van der Waals surface area contributed by atoms with Crippen LogP contribution in [0.4, 0.5) is 0 Å². The molecule has 1 aliphatic heterocycles. The highest BCUT2D eigenvalue weighted by molar-refractivity contribution is 5.76. The van der Waals surface area contributed by atoms with Crippen LogP contribution < -0.4 is 16.4 Å². The largest absolute Gasteiger partial charge is 0.370 e. The van der Waals surface area contributed by atoms with Gasteiger partial charge in [-0.3, -0.25) is 9.59 Å². The second-order valence-electron chi connectivity index (χ2n) is 4.27. The molecule has 1 saturated heterocycles. The van der Waals surface area contributed by atoms with E-state index in [4.69, 9.17) is 5.73 Å². The molecule has 0 aromatic heterocycles. The third kappa shape index (κ3) is 5.70. The molecule has 0 aromatic carbocycles. The number of nitrogens with two attached hydrogens (primary N) is 1. The highest BCUT2D eigenvalue weighted by atomic mass is 16.1. The normalized spacial score (nSPS) is 19.6. The molecule has 1 rings (SSSR count). The second-order valence-corrected chi connectivity index (χ2v) is 4.27. The molecule has 92 valence electrons. The Morgan fingerprint density at radius 3 is 2.81 bits per heavy atom. The third-order valence-electron chi connectivity index (χ3n) is 2.77. The Hall–Kier alpha value is -1.10. The number of carbonyl (C=O) groups excluding carboxylic acids is 2. The first-order valence-corrected chi connectivity index (χ1v) is 5.97. The van der Waals surface area contributed by atoms with Crippen LogP contribution >= 0.6 is 0 Å². The van der Waals surface area contributed by atoms with Crippen LogP contribution in [0.1, 0.15) is 38.5 Å². The van der Waals surface area contributed by atoms with E-state index >= 15 is 0 Å². The first-order chi connectivity index (χ1) is 7.68. The minimum atomic E-state index is -0.276. The lowest BCUT2D eigenvalue weighted by Crippen LogP contribution is -2.32. The minimum Gasteiger partial charge on any atom is -0.370 e. The van der Waals surface area contributed by atoms with E-state index in [1.165, 1.54) is 0 Å². The van der Waals surface area contributed by atoms with Gasteiger partial charge in [-0.25, -0.2) is 0 Å². The molecule has 5 heteroatoms. The quantitative estimate of drug-likeness (QED) is 0.531. The fourth-order valence-corrected chi connectivity index (χ4v) is 1.88. The Balaban J connectivity index is 1.95. The molecule has 5 nitrogen and oxygen atoms in total. The number of rotatable bonds is 7. The van der Waals surface area contributed by atoms with Crippen LogP contribution in [-0.4, -0.2) is 30.9 Å². The Kier molecular flexibility index (Phi) is 5.85. The van der Waals surface area contributed by atoms with Gasteiger partial charge in [-0.15, -0.1) is 0 Å². The summed E-state index contributed by atoms with van der Waals surface area (Å²) in [5.41, 5.74) is 5.01. The van der Waals surface area contributed by atoms with Crippen LogP contribution in [0.15, 0.2) is 0 Å². The van der Waals surface area contributed by atoms with Crippen molar-refractivity contribution in [3.63, 3.8) is 0 Å². The van der Waals surface area contributed by atoms with Crippen molar-refractivity contribution in [1.29, 1.82) is 0 Å². The van der Waals surface area contributed by atoms with Crippen LogP contribution in [0.2, 0.25) is 0 Å². The maximum atomic E-state index is 11.5. The number of primary amides is 1. The molecule has 0 aliphatic carbocycles. The molecule has 2 amide bonds. The molecule has 1 atom stereocenters. The topological polar surface area (TPSA) is 84.2 Å². The molecule has 4 N–H and O–H groups in total. The highest BCUT2D eigenvalue weighted by Gasteiger charge is 2.16. The molecule has 0 saturated carbocycles. The third-order valence-corrected chi connectivity index (χ3v) is 2.77. The van der Waals surface area contributed by atoms with Crippen molar-refractivity contribution in [1.82, 2.24) is 10.6 Å². The zero-order valence-corrected chi connectivity index (χ0v) is 9.63. The van der Waals surface area contributed by atoms with Gasteiger partial charge in [-0.05, 0) is 32.2 Å². The Bertz CT molecular complexity index is 237. The van der Waals surface area contributed by atoms with Crippen LogP contribution in [0.25, 0.3) is 0 Å². The van der Waals surface area contributed by atoms with E-state index in [2.05, 4.69) is 10.6 Å². The molecule has 1 unspecified atom stereocenters. The van der Waals surface area contributed by atoms with Gasteiger partial charge in [-0.1, -0.05) is 0 Å². The Labute approximate surface area is 96.1 Å². The molecule has 1 heterocycles. The van der Waals surface area contributed by atoms with Gasteiger partial charge in [0.15, 0.2) is 0 Å². The summed E-state index contributed by atoms with van der Waals surface area (Å²) in [4.78, 5) is 21.9. The molecule has 0 radical (unpaired) electrons. The number of carbonyl (C=O) groups is 2. The summed E-state index contributed by atoms with van der Waals surface area (Å²) in [6.07, 6.45) is 4.78. The smallest absolute Gasteiger partial charge is 0.221 e. The molecule has 1 fully saturated rings. The van der Waals surface area contributed by atoms with Gasteiger partial charge in [0.25, 0.3) is 0 Å². The van der Waals surface area contributed by atoms with E-state index in [1.54, 1.807) is 0 Å². The van der Waals surface area contributed by atoms with Crippen molar-refractivity contribution in [2.75, 3.05) is 13.1 Å². The summed E-state index contributed by atoms with van der Waals surface area (Å²) in [5.74, 6) is -0.181. The standard InChI is InChI=1S/C11H21N3O2/c12-10(15)5-1-2-6-14-11(16)8-9-4-3-7-13-9/h9,13H,1-8H2,(H2,12,15)(H,14,16). The van der Waals surface area contributed by atoms with Crippen molar-refractivity contribution in [3.05, 3.63) is 0 Å². The fourth-order valence-electron chi connectivity index (χ4n) is 1.88. The van der Waals surface area contributed by atoms with Crippen LogP contribution in [-0.2, 0) is 9.59 Å². The zero-order chi connectivity index (χ0) is 11.8. The summed E-state index contributed by atoms with van der Waals surface area (Å²) in [5, 5.41) is 6.13. The lowest BCUT2D eigenvalue weighted by Gasteiger charge is -2.10. The number of hydrogen-bond donors (Lipinski definition) is 3. The summed E-state index contributed by atoms with van der Waals surface area (Å²) in [6.45, 7) is 1.66. The van der Waals surface area contributed by atoms with E-state index in [0.29, 0.717) is 25.4 Å². The molecule has 16 heavy (non-hydrogen) atoms. The zero-order valence-electron chi connectivity index (χ0n) is 9.63. The van der Waals surface area contributed by atoms with E-state index in [-0.39, 0.29) is 11.8 Å². The van der Waals surface area contributed by atoms with Crippen molar-refractivity contribution in [2.24, 2.45) is 5.73 Å².